The Morgan fingerprint density at radius 1 is 1.33 bits per heavy atom. The fourth-order valence-electron chi connectivity index (χ4n) is 2.52. The Bertz CT molecular complexity index is 376. The van der Waals surface area contributed by atoms with Gasteiger partial charge in [0, 0.05) is 11.8 Å². The van der Waals surface area contributed by atoms with Crippen LogP contribution in [0.3, 0.4) is 0 Å². The molecule has 1 unspecified atom stereocenters. The van der Waals surface area contributed by atoms with Crippen molar-refractivity contribution >= 4 is 0 Å². The molecule has 1 N–H and O–H groups in total. The van der Waals surface area contributed by atoms with Crippen LogP contribution in [0.15, 0.2) is 18.5 Å². The number of hydrogen-bond acceptors (Lipinski definition) is 4. The highest BCUT2D eigenvalue weighted by atomic mass is 16.5. The van der Waals surface area contributed by atoms with E-state index < -0.39 is 6.10 Å². The molecule has 0 spiro atoms. The lowest BCUT2D eigenvalue weighted by Gasteiger charge is -2.42. The average Bonchev–Trinajstić information content (AvgIpc) is 2.40. The van der Waals surface area contributed by atoms with Gasteiger partial charge in [-0.15, -0.1) is 0 Å². The summed E-state index contributed by atoms with van der Waals surface area (Å²) >= 11 is 0. The molecular formula is C14H24N2O2. The van der Waals surface area contributed by atoms with E-state index >= 15 is 0 Å². The second-order valence-electron chi connectivity index (χ2n) is 4.77. The predicted octanol–water partition coefficient (Wildman–Crippen LogP) is 2.24. The summed E-state index contributed by atoms with van der Waals surface area (Å²) in [5, 5.41) is 10.7. The van der Waals surface area contributed by atoms with Gasteiger partial charge in [0.05, 0.1) is 24.9 Å². The Morgan fingerprint density at radius 2 is 1.94 bits per heavy atom. The van der Waals surface area contributed by atoms with Gasteiger partial charge in [-0.05, 0) is 33.0 Å². The molecule has 0 aliphatic carbocycles. The van der Waals surface area contributed by atoms with Gasteiger partial charge in [0.2, 0.25) is 0 Å². The monoisotopic (exact) mass is 252 g/mol. The molecule has 0 saturated carbocycles. The van der Waals surface area contributed by atoms with Crippen molar-refractivity contribution in [1.82, 2.24) is 9.88 Å². The van der Waals surface area contributed by atoms with Crippen LogP contribution < -0.4 is 4.74 Å². The highest BCUT2D eigenvalue weighted by Crippen LogP contribution is 2.36. The lowest BCUT2D eigenvalue weighted by Crippen LogP contribution is -2.48. The summed E-state index contributed by atoms with van der Waals surface area (Å²) in [5.74, 6) is 0.673. The van der Waals surface area contributed by atoms with Crippen LogP contribution in [0.1, 0.15) is 38.4 Å². The van der Waals surface area contributed by atoms with Gasteiger partial charge in [-0.3, -0.25) is 4.98 Å². The second-order valence-corrected chi connectivity index (χ2v) is 4.77. The molecule has 18 heavy (non-hydrogen) atoms. The molecular weight excluding hydrogens is 228 g/mol. The Hall–Kier alpha value is -1.13. The van der Waals surface area contributed by atoms with Gasteiger partial charge in [-0.1, -0.05) is 13.8 Å². The highest BCUT2D eigenvalue weighted by molar-refractivity contribution is 5.27. The quantitative estimate of drug-likeness (QED) is 0.843. The Labute approximate surface area is 110 Å². The first-order valence-electron chi connectivity index (χ1n) is 6.36. The van der Waals surface area contributed by atoms with E-state index in [1.165, 1.54) is 0 Å². The minimum atomic E-state index is -0.579. The lowest BCUT2D eigenvalue weighted by molar-refractivity contribution is -0.0152. The maximum absolute atomic E-state index is 10.7. The summed E-state index contributed by atoms with van der Waals surface area (Å²) < 4.78 is 5.16. The number of rotatable bonds is 6. The van der Waals surface area contributed by atoms with E-state index in [2.05, 4.69) is 23.7 Å². The molecule has 0 amide bonds. The van der Waals surface area contributed by atoms with E-state index in [9.17, 15) is 5.11 Å². The first-order chi connectivity index (χ1) is 8.51. The van der Waals surface area contributed by atoms with Gasteiger partial charge >= 0.3 is 0 Å². The topological polar surface area (TPSA) is 45.6 Å². The summed E-state index contributed by atoms with van der Waals surface area (Å²) in [6.07, 6.45) is 4.51. The third kappa shape index (κ3) is 2.65. The maximum atomic E-state index is 10.7. The maximum Gasteiger partial charge on any atom is 0.137 e. The zero-order valence-electron chi connectivity index (χ0n) is 12.0. The van der Waals surface area contributed by atoms with Gasteiger partial charge in [0.25, 0.3) is 0 Å². The fraction of sp³-hybridized carbons (Fsp3) is 0.643. The number of aliphatic hydroxyl groups excluding tert-OH is 1. The molecule has 102 valence electrons. The third-order valence-corrected chi connectivity index (χ3v) is 3.91. The van der Waals surface area contributed by atoms with Crippen LogP contribution >= 0.6 is 0 Å². The molecule has 1 aromatic rings. The number of aromatic nitrogens is 1. The largest absolute Gasteiger partial charge is 0.495 e. The fourth-order valence-corrected chi connectivity index (χ4v) is 2.52. The molecule has 0 aliphatic rings. The predicted molar refractivity (Wildman–Crippen MR) is 72.7 cm³/mol. The van der Waals surface area contributed by atoms with Gasteiger partial charge in [-0.25, -0.2) is 0 Å². The first kappa shape index (κ1) is 14.9. The molecule has 1 rings (SSSR count). The van der Waals surface area contributed by atoms with Gasteiger partial charge in [0.1, 0.15) is 5.75 Å². The Balaban J connectivity index is 3.12. The zero-order chi connectivity index (χ0) is 13.8. The standard InChI is InChI=1S/C14H24N2O2/c1-6-14(7-2,16(3)4)13(17)11-8-12(18-5)10-15-9-11/h8-10,13,17H,6-7H2,1-5H3. The summed E-state index contributed by atoms with van der Waals surface area (Å²) in [7, 11) is 5.61. The SMILES string of the molecule is CCC(CC)(C(O)c1cncc(OC)c1)N(C)C. The van der Waals surface area contributed by atoms with E-state index in [0.717, 1.165) is 18.4 Å². The number of pyridine rings is 1. The smallest absolute Gasteiger partial charge is 0.137 e. The number of hydrogen-bond donors (Lipinski definition) is 1. The van der Waals surface area contributed by atoms with E-state index in [-0.39, 0.29) is 5.54 Å². The van der Waals surface area contributed by atoms with Crippen molar-refractivity contribution in [3.8, 4) is 5.75 Å². The first-order valence-corrected chi connectivity index (χ1v) is 6.36. The van der Waals surface area contributed by atoms with Crippen LogP contribution in [-0.2, 0) is 0 Å². The van der Waals surface area contributed by atoms with Crippen molar-refractivity contribution in [3.63, 3.8) is 0 Å². The molecule has 0 saturated heterocycles. The number of ether oxygens (including phenoxy) is 1. The van der Waals surface area contributed by atoms with Crippen LogP contribution in [0.2, 0.25) is 0 Å². The molecule has 4 heteroatoms. The molecule has 1 atom stereocenters. The molecule has 0 bridgehead atoms. The van der Waals surface area contributed by atoms with Crippen LogP contribution in [0.5, 0.6) is 5.75 Å². The van der Waals surface area contributed by atoms with Crippen LogP contribution in [0.25, 0.3) is 0 Å². The van der Waals surface area contributed by atoms with Crippen molar-refractivity contribution in [2.45, 2.75) is 38.3 Å². The summed E-state index contributed by atoms with van der Waals surface area (Å²) in [6, 6.07) is 1.85. The second kappa shape index (κ2) is 6.16. The lowest BCUT2D eigenvalue weighted by atomic mass is 9.82. The van der Waals surface area contributed by atoms with Crippen LogP contribution in [0, 0.1) is 0 Å². The minimum absolute atomic E-state index is 0.270. The van der Waals surface area contributed by atoms with Gasteiger partial charge in [-0.2, -0.15) is 0 Å². The van der Waals surface area contributed by atoms with Crippen molar-refractivity contribution in [1.29, 1.82) is 0 Å². The summed E-state index contributed by atoms with van der Waals surface area (Å²) in [5.41, 5.74) is 0.528. The molecule has 0 radical (unpaired) electrons. The number of methoxy groups -OCH3 is 1. The highest BCUT2D eigenvalue weighted by Gasteiger charge is 2.37. The summed E-state index contributed by atoms with van der Waals surface area (Å²) in [4.78, 5) is 6.21. The Kier molecular flexibility index (Phi) is 5.11. The van der Waals surface area contributed by atoms with Gasteiger partial charge < -0.3 is 14.7 Å². The molecule has 1 aromatic heterocycles. The molecule has 0 fully saturated rings. The normalized spacial score (nSPS) is 13.7. The molecule has 1 heterocycles. The number of aliphatic hydroxyl groups is 1. The number of likely N-dealkylation sites (N-methyl/N-ethyl adjacent to an activating group) is 1. The van der Waals surface area contributed by atoms with Crippen molar-refractivity contribution in [2.75, 3.05) is 21.2 Å². The molecule has 4 nitrogen and oxygen atoms in total. The van der Waals surface area contributed by atoms with Crippen molar-refractivity contribution in [3.05, 3.63) is 24.0 Å². The van der Waals surface area contributed by atoms with Crippen molar-refractivity contribution < 1.29 is 9.84 Å². The zero-order valence-corrected chi connectivity index (χ0v) is 12.0. The van der Waals surface area contributed by atoms with Crippen LogP contribution in [-0.4, -0.2) is 41.7 Å². The van der Waals surface area contributed by atoms with Gasteiger partial charge in [0.15, 0.2) is 0 Å². The minimum Gasteiger partial charge on any atom is -0.495 e. The number of nitrogens with zero attached hydrogens (tertiary/aromatic N) is 2. The molecule has 0 aliphatic heterocycles. The van der Waals surface area contributed by atoms with E-state index in [4.69, 9.17) is 4.74 Å². The van der Waals surface area contributed by atoms with Crippen LogP contribution in [0.4, 0.5) is 0 Å². The van der Waals surface area contributed by atoms with Crippen molar-refractivity contribution in [2.24, 2.45) is 0 Å². The average molecular weight is 252 g/mol. The Morgan fingerprint density at radius 3 is 2.39 bits per heavy atom. The summed E-state index contributed by atoms with van der Waals surface area (Å²) in [6.45, 7) is 4.20. The van der Waals surface area contributed by atoms with E-state index in [1.54, 1.807) is 19.5 Å². The third-order valence-electron chi connectivity index (χ3n) is 3.91. The molecule has 0 aromatic carbocycles. The van der Waals surface area contributed by atoms with E-state index in [1.807, 2.05) is 20.2 Å². The van der Waals surface area contributed by atoms with E-state index in [0.29, 0.717) is 5.75 Å².